The van der Waals surface area contributed by atoms with Crippen LogP contribution in [0.2, 0.25) is 0 Å². The first-order valence-corrected chi connectivity index (χ1v) is 15.0. The van der Waals surface area contributed by atoms with Crippen molar-refractivity contribution in [1.82, 2.24) is 0 Å². The summed E-state index contributed by atoms with van der Waals surface area (Å²) in [6.07, 6.45) is 9.93. The Hall–Kier alpha value is -0.900. The van der Waals surface area contributed by atoms with Crippen LogP contribution in [0.25, 0.3) is 0 Å². The van der Waals surface area contributed by atoms with Crippen LogP contribution in [-0.2, 0) is 19.1 Å². The number of ether oxygens (including phenoxy) is 2. The summed E-state index contributed by atoms with van der Waals surface area (Å²) >= 11 is 0. The predicted octanol–water partition coefficient (Wildman–Crippen LogP) is 7.38. The minimum Gasteiger partial charge on any atom is -0.462 e. The molecule has 1 spiro atoms. The van der Waals surface area contributed by atoms with Gasteiger partial charge in [0, 0.05) is 24.2 Å². The first kappa shape index (κ1) is 26.7. The molecule has 5 fully saturated rings. The van der Waals surface area contributed by atoms with Crippen LogP contribution < -0.4 is 0 Å². The molecule has 0 bridgehead atoms. The molecule has 5 aliphatic rings. The lowest BCUT2D eigenvalue weighted by Crippen LogP contribution is -2.69. The van der Waals surface area contributed by atoms with Gasteiger partial charge < -0.3 is 9.47 Å². The maximum absolute atomic E-state index is 14.3. The lowest BCUT2D eigenvalue weighted by Gasteiger charge is -2.65. The van der Waals surface area contributed by atoms with Crippen LogP contribution in [0, 0.1) is 51.2 Å². The molecule has 10 atom stereocenters. The van der Waals surface area contributed by atoms with Gasteiger partial charge in [0.15, 0.2) is 0 Å². The molecule has 36 heavy (non-hydrogen) atoms. The Morgan fingerprint density at radius 2 is 1.67 bits per heavy atom. The van der Waals surface area contributed by atoms with Crippen molar-refractivity contribution in [2.75, 3.05) is 0 Å². The van der Waals surface area contributed by atoms with Crippen molar-refractivity contribution in [2.45, 2.75) is 138 Å². The Labute approximate surface area is 220 Å². The van der Waals surface area contributed by atoms with Gasteiger partial charge in [-0.25, -0.2) is 0 Å². The zero-order chi connectivity index (χ0) is 26.5. The molecule has 4 heteroatoms. The topological polar surface area (TPSA) is 55.9 Å². The van der Waals surface area contributed by atoms with E-state index in [4.69, 9.17) is 9.47 Å². The standard InChI is InChI=1S/C32H52O4/c1-19(2)11-10-12-20(3)22-13-15-30(8)27-23(34)17-24-28(5,6)25(35-21(4)33)14-16-29(24,7)32(27)26(36-32)18-31(22,30)9/h19-20,22,24-27H,10-18H2,1-9H3/t20-,22-,24+,25+,26+,27+,29+,30+,31-,32+/m1/s1. The first-order valence-electron chi connectivity index (χ1n) is 15.0. The molecule has 4 saturated carbocycles. The molecule has 1 saturated heterocycles. The van der Waals surface area contributed by atoms with Crippen LogP contribution >= 0.6 is 0 Å². The van der Waals surface area contributed by atoms with E-state index >= 15 is 0 Å². The molecule has 1 heterocycles. The van der Waals surface area contributed by atoms with Crippen molar-refractivity contribution in [3.8, 4) is 0 Å². The number of hydrogen-bond donors (Lipinski definition) is 0. The highest BCUT2D eigenvalue weighted by Crippen LogP contribution is 2.81. The SMILES string of the molecule is CC(=O)O[C@H]1CC[C@@]2(C)[C@@H](CC(=O)[C@@H]3[C@]24O[C@H]4C[C@]2(C)[C@@H]([C@H](C)CCCC(C)C)CC[C@@]32C)C1(C)C. The van der Waals surface area contributed by atoms with Crippen molar-refractivity contribution in [3.05, 3.63) is 0 Å². The van der Waals surface area contributed by atoms with Gasteiger partial charge in [-0.05, 0) is 66.6 Å². The zero-order valence-corrected chi connectivity index (χ0v) is 24.5. The molecule has 204 valence electrons. The van der Waals surface area contributed by atoms with Gasteiger partial charge in [0.05, 0.1) is 12.0 Å². The average Bonchev–Trinajstić information content (AvgIpc) is 3.39. The maximum Gasteiger partial charge on any atom is 0.302 e. The number of carbonyl (C=O) groups is 2. The second-order valence-electron chi connectivity index (χ2n) is 15.4. The van der Waals surface area contributed by atoms with Gasteiger partial charge in [0.1, 0.15) is 17.5 Å². The normalized spacial score (nSPS) is 49.5. The van der Waals surface area contributed by atoms with Gasteiger partial charge in [-0.1, -0.05) is 74.7 Å². The summed E-state index contributed by atoms with van der Waals surface area (Å²) in [6.45, 7) is 20.5. The van der Waals surface area contributed by atoms with E-state index in [1.165, 1.54) is 32.6 Å². The van der Waals surface area contributed by atoms with Gasteiger partial charge >= 0.3 is 5.97 Å². The smallest absolute Gasteiger partial charge is 0.302 e. The molecule has 0 N–H and O–H groups in total. The van der Waals surface area contributed by atoms with Crippen LogP contribution in [0.15, 0.2) is 0 Å². The average molecular weight is 501 g/mol. The van der Waals surface area contributed by atoms with Gasteiger partial charge in [-0.3, -0.25) is 9.59 Å². The van der Waals surface area contributed by atoms with E-state index in [9.17, 15) is 9.59 Å². The molecular weight excluding hydrogens is 448 g/mol. The first-order chi connectivity index (χ1) is 16.6. The highest BCUT2D eigenvalue weighted by atomic mass is 16.6. The fourth-order valence-electron chi connectivity index (χ4n) is 10.9. The van der Waals surface area contributed by atoms with Crippen LogP contribution in [0.4, 0.5) is 0 Å². The third-order valence-electron chi connectivity index (χ3n) is 13.0. The van der Waals surface area contributed by atoms with E-state index in [1.54, 1.807) is 0 Å². The molecule has 5 rings (SSSR count). The molecule has 0 aromatic carbocycles. The fraction of sp³-hybridized carbons (Fsp3) is 0.938. The van der Waals surface area contributed by atoms with Crippen LogP contribution in [0.5, 0.6) is 0 Å². The molecule has 4 aliphatic carbocycles. The highest BCUT2D eigenvalue weighted by Gasteiger charge is 2.85. The lowest BCUT2D eigenvalue weighted by atomic mass is 9.37. The number of rotatable bonds is 6. The van der Waals surface area contributed by atoms with Crippen molar-refractivity contribution in [3.63, 3.8) is 0 Å². The van der Waals surface area contributed by atoms with E-state index < -0.39 is 0 Å². The molecular formula is C32H52O4. The Morgan fingerprint density at radius 3 is 2.31 bits per heavy atom. The number of esters is 1. The summed E-state index contributed by atoms with van der Waals surface area (Å²) in [4.78, 5) is 26.2. The second kappa shape index (κ2) is 8.30. The molecule has 4 nitrogen and oxygen atoms in total. The molecule has 0 aromatic heterocycles. The van der Waals surface area contributed by atoms with Crippen molar-refractivity contribution in [1.29, 1.82) is 0 Å². The maximum atomic E-state index is 14.3. The van der Waals surface area contributed by atoms with E-state index in [0.717, 1.165) is 31.6 Å². The number of epoxide rings is 1. The second-order valence-corrected chi connectivity index (χ2v) is 15.4. The number of carbonyl (C=O) groups excluding carboxylic acids is 2. The van der Waals surface area contributed by atoms with Gasteiger partial charge in [-0.15, -0.1) is 0 Å². The summed E-state index contributed by atoms with van der Waals surface area (Å²) in [5.41, 5.74) is -0.464. The monoisotopic (exact) mass is 500 g/mol. The van der Waals surface area contributed by atoms with Crippen LogP contribution in [0.1, 0.15) is 120 Å². The summed E-state index contributed by atoms with van der Waals surface area (Å²) in [7, 11) is 0. The van der Waals surface area contributed by atoms with Crippen molar-refractivity contribution < 1.29 is 19.1 Å². The quantitative estimate of drug-likeness (QED) is 0.282. The summed E-state index contributed by atoms with van der Waals surface area (Å²) in [6, 6.07) is 0. The summed E-state index contributed by atoms with van der Waals surface area (Å²) in [5.74, 6) is 2.54. The van der Waals surface area contributed by atoms with Gasteiger partial charge in [0.2, 0.25) is 0 Å². The molecule has 1 aliphatic heterocycles. The van der Waals surface area contributed by atoms with E-state index in [1.807, 2.05) is 0 Å². The van der Waals surface area contributed by atoms with Crippen molar-refractivity contribution in [2.24, 2.45) is 51.2 Å². The van der Waals surface area contributed by atoms with Crippen LogP contribution in [0.3, 0.4) is 0 Å². The summed E-state index contributed by atoms with van der Waals surface area (Å²) in [5, 5.41) is 0. The molecule has 0 amide bonds. The molecule has 0 unspecified atom stereocenters. The number of fused-ring (bicyclic) bond motifs is 3. The summed E-state index contributed by atoms with van der Waals surface area (Å²) < 4.78 is 12.7. The van der Waals surface area contributed by atoms with Crippen LogP contribution in [-0.4, -0.2) is 29.6 Å². The zero-order valence-electron chi connectivity index (χ0n) is 24.5. The predicted molar refractivity (Wildman–Crippen MR) is 142 cm³/mol. The Balaban J connectivity index is 1.46. The highest BCUT2D eigenvalue weighted by molar-refractivity contribution is 5.86. The third-order valence-corrected chi connectivity index (χ3v) is 13.0. The number of Topliss-reactive ketones (excluding diaryl/α,β-unsaturated/α-hetero) is 1. The van der Waals surface area contributed by atoms with E-state index in [2.05, 4.69) is 55.4 Å². The van der Waals surface area contributed by atoms with E-state index in [0.29, 0.717) is 24.0 Å². The van der Waals surface area contributed by atoms with Gasteiger partial charge in [0.25, 0.3) is 0 Å². The lowest BCUT2D eigenvalue weighted by molar-refractivity contribution is -0.203. The minimum atomic E-state index is -0.324. The Bertz CT molecular complexity index is 923. The van der Waals surface area contributed by atoms with E-state index in [-0.39, 0.29) is 57.3 Å². The molecule has 0 radical (unpaired) electrons. The van der Waals surface area contributed by atoms with Crippen molar-refractivity contribution >= 4 is 11.8 Å². The Morgan fingerprint density at radius 1 is 1.00 bits per heavy atom. The van der Waals surface area contributed by atoms with Gasteiger partial charge in [-0.2, -0.15) is 0 Å². The Kier molecular flexibility index (Phi) is 6.15. The number of hydrogen-bond acceptors (Lipinski definition) is 4. The number of ketones is 1. The largest absolute Gasteiger partial charge is 0.462 e. The molecule has 0 aromatic rings. The minimum absolute atomic E-state index is 0.00108. The fourth-order valence-corrected chi connectivity index (χ4v) is 10.9. The third kappa shape index (κ3) is 3.34.